The molecule has 0 aliphatic carbocycles. The molecular weight excluding hydrogens is 300 g/mol. The zero-order chi connectivity index (χ0) is 18.5. The number of benzene rings is 1. The first kappa shape index (κ1) is 22.3. The summed E-state index contributed by atoms with van der Waals surface area (Å²) in [4.78, 5) is 0. The Morgan fingerprint density at radius 1 is 0.520 bits per heavy atom. The van der Waals surface area contributed by atoms with E-state index in [4.69, 9.17) is 0 Å². The third-order valence-electron chi connectivity index (χ3n) is 5.85. The third-order valence-corrected chi connectivity index (χ3v) is 5.85. The van der Waals surface area contributed by atoms with Gasteiger partial charge < -0.3 is 0 Å². The summed E-state index contributed by atoms with van der Waals surface area (Å²) in [7, 11) is 0. The number of rotatable bonds is 14. The van der Waals surface area contributed by atoms with E-state index in [0.29, 0.717) is 0 Å². The molecule has 0 aromatic heterocycles. The first-order valence-electron chi connectivity index (χ1n) is 11.2. The molecule has 0 amide bonds. The predicted molar refractivity (Wildman–Crippen MR) is 115 cm³/mol. The van der Waals surface area contributed by atoms with E-state index in [0.717, 1.165) is 0 Å². The maximum absolute atomic E-state index is 2.45. The largest absolute Gasteiger partial charge is 0.0654 e. The standard InChI is InChI=1S/C25H44/c1-6-8-10-12-14-16-18-24-21(3)20-22(4)25(23(24)5)19-17-15-13-11-9-7-2/h20H,6-19H2,1-5H3. The second-order valence-electron chi connectivity index (χ2n) is 8.13. The van der Waals surface area contributed by atoms with Crippen LogP contribution in [0, 0.1) is 20.8 Å². The lowest BCUT2D eigenvalue weighted by atomic mass is 9.88. The third kappa shape index (κ3) is 8.43. The van der Waals surface area contributed by atoms with Crippen LogP contribution in [0.25, 0.3) is 0 Å². The topological polar surface area (TPSA) is 0 Å². The number of unbranched alkanes of at least 4 members (excludes halogenated alkanes) is 10. The molecule has 0 bridgehead atoms. The van der Waals surface area contributed by atoms with E-state index in [1.54, 1.807) is 16.7 Å². The molecular formula is C25H44. The van der Waals surface area contributed by atoms with E-state index < -0.39 is 0 Å². The maximum Gasteiger partial charge on any atom is -0.0274 e. The van der Waals surface area contributed by atoms with Crippen molar-refractivity contribution in [3.05, 3.63) is 33.9 Å². The summed E-state index contributed by atoms with van der Waals surface area (Å²) in [5.74, 6) is 0. The van der Waals surface area contributed by atoms with Crippen molar-refractivity contribution in [3.8, 4) is 0 Å². The second kappa shape index (κ2) is 13.4. The van der Waals surface area contributed by atoms with Crippen molar-refractivity contribution in [2.24, 2.45) is 0 Å². The minimum atomic E-state index is 1.29. The summed E-state index contributed by atoms with van der Waals surface area (Å²) < 4.78 is 0. The van der Waals surface area contributed by atoms with Crippen LogP contribution in [0.5, 0.6) is 0 Å². The molecule has 0 heteroatoms. The smallest absolute Gasteiger partial charge is 0.0274 e. The molecule has 1 aromatic carbocycles. The minimum Gasteiger partial charge on any atom is -0.0654 e. The van der Waals surface area contributed by atoms with Crippen molar-refractivity contribution in [1.29, 1.82) is 0 Å². The van der Waals surface area contributed by atoms with Gasteiger partial charge in [0.15, 0.2) is 0 Å². The molecule has 0 atom stereocenters. The normalized spacial score (nSPS) is 11.2. The van der Waals surface area contributed by atoms with Gasteiger partial charge in [-0.15, -0.1) is 0 Å². The highest BCUT2D eigenvalue weighted by Gasteiger charge is 2.10. The van der Waals surface area contributed by atoms with Crippen LogP contribution >= 0.6 is 0 Å². The molecule has 0 unspecified atom stereocenters. The van der Waals surface area contributed by atoms with Gasteiger partial charge in [-0.25, -0.2) is 0 Å². The molecule has 144 valence electrons. The molecule has 1 aromatic rings. The lowest BCUT2D eigenvalue weighted by Gasteiger charge is -2.18. The summed E-state index contributed by atoms with van der Waals surface area (Å²) in [6, 6.07) is 2.45. The summed E-state index contributed by atoms with van der Waals surface area (Å²) in [5.41, 5.74) is 7.97. The number of aryl methyl sites for hydroxylation is 2. The lowest BCUT2D eigenvalue weighted by Crippen LogP contribution is -2.03. The molecule has 0 fully saturated rings. The summed E-state index contributed by atoms with van der Waals surface area (Å²) in [6.45, 7) is 11.6. The van der Waals surface area contributed by atoms with Crippen molar-refractivity contribution < 1.29 is 0 Å². The fourth-order valence-electron chi connectivity index (χ4n) is 4.21. The Morgan fingerprint density at radius 3 is 1.28 bits per heavy atom. The van der Waals surface area contributed by atoms with Crippen molar-refractivity contribution in [3.63, 3.8) is 0 Å². The van der Waals surface area contributed by atoms with Gasteiger partial charge in [0.2, 0.25) is 0 Å². The van der Waals surface area contributed by atoms with Gasteiger partial charge in [-0.05, 0) is 74.3 Å². The molecule has 0 saturated heterocycles. The minimum absolute atomic E-state index is 1.29. The lowest BCUT2D eigenvalue weighted by molar-refractivity contribution is 0.602. The van der Waals surface area contributed by atoms with Crippen LogP contribution in [-0.4, -0.2) is 0 Å². The Morgan fingerprint density at radius 2 is 0.880 bits per heavy atom. The van der Waals surface area contributed by atoms with E-state index >= 15 is 0 Å². The van der Waals surface area contributed by atoms with Gasteiger partial charge in [0.1, 0.15) is 0 Å². The average Bonchev–Trinajstić information content (AvgIpc) is 2.58. The molecule has 25 heavy (non-hydrogen) atoms. The van der Waals surface area contributed by atoms with Crippen molar-refractivity contribution in [2.45, 2.75) is 125 Å². The summed E-state index contributed by atoms with van der Waals surface area (Å²) in [6.07, 6.45) is 19.3. The van der Waals surface area contributed by atoms with Gasteiger partial charge in [0.25, 0.3) is 0 Å². The quantitative estimate of drug-likeness (QED) is 0.297. The predicted octanol–water partition coefficient (Wildman–Crippen LogP) is 8.42. The van der Waals surface area contributed by atoms with Crippen LogP contribution in [0.1, 0.15) is 119 Å². The first-order valence-corrected chi connectivity index (χ1v) is 11.2. The van der Waals surface area contributed by atoms with Crippen LogP contribution in [0.15, 0.2) is 6.07 Å². The SMILES string of the molecule is CCCCCCCCc1c(C)cc(C)c(CCCCCCCC)c1C. The summed E-state index contributed by atoms with van der Waals surface area (Å²) >= 11 is 0. The highest BCUT2D eigenvalue weighted by Crippen LogP contribution is 2.26. The molecule has 0 N–H and O–H groups in total. The Hall–Kier alpha value is -0.780. The first-order chi connectivity index (χ1) is 12.1. The van der Waals surface area contributed by atoms with E-state index in [9.17, 15) is 0 Å². The fraction of sp³-hybridized carbons (Fsp3) is 0.760. The Balaban J connectivity index is 2.52. The Kier molecular flexibility index (Phi) is 12.0. The van der Waals surface area contributed by atoms with Gasteiger partial charge in [-0.1, -0.05) is 84.1 Å². The highest BCUT2D eigenvalue weighted by atomic mass is 14.2. The van der Waals surface area contributed by atoms with Crippen LogP contribution in [-0.2, 0) is 12.8 Å². The van der Waals surface area contributed by atoms with Crippen LogP contribution in [0.4, 0.5) is 0 Å². The zero-order valence-corrected chi connectivity index (χ0v) is 18.0. The van der Waals surface area contributed by atoms with Gasteiger partial charge >= 0.3 is 0 Å². The van der Waals surface area contributed by atoms with Gasteiger partial charge in [-0.2, -0.15) is 0 Å². The van der Waals surface area contributed by atoms with Gasteiger partial charge in [0, 0.05) is 0 Å². The Bertz CT molecular complexity index is 429. The highest BCUT2D eigenvalue weighted by molar-refractivity contribution is 5.44. The van der Waals surface area contributed by atoms with Gasteiger partial charge in [-0.3, -0.25) is 0 Å². The second-order valence-corrected chi connectivity index (χ2v) is 8.13. The van der Waals surface area contributed by atoms with E-state index in [-0.39, 0.29) is 0 Å². The van der Waals surface area contributed by atoms with Crippen LogP contribution in [0.2, 0.25) is 0 Å². The van der Waals surface area contributed by atoms with Crippen LogP contribution < -0.4 is 0 Å². The van der Waals surface area contributed by atoms with Crippen molar-refractivity contribution in [2.75, 3.05) is 0 Å². The van der Waals surface area contributed by atoms with Crippen molar-refractivity contribution in [1.82, 2.24) is 0 Å². The molecule has 0 radical (unpaired) electrons. The molecule has 0 heterocycles. The monoisotopic (exact) mass is 344 g/mol. The number of hydrogen-bond donors (Lipinski definition) is 0. The Labute approximate surface area is 158 Å². The molecule has 0 nitrogen and oxygen atoms in total. The molecule has 1 rings (SSSR count). The number of hydrogen-bond acceptors (Lipinski definition) is 0. The molecule has 0 aliphatic rings. The van der Waals surface area contributed by atoms with Crippen LogP contribution in [0.3, 0.4) is 0 Å². The van der Waals surface area contributed by atoms with Crippen molar-refractivity contribution >= 4 is 0 Å². The molecule has 0 saturated carbocycles. The van der Waals surface area contributed by atoms with Gasteiger partial charge in [0.05, 0.1) is 0 Å². The average molecular weight is 345 g/mol. The maximum atomic E-state index is 2.45. The van der Waals surface area contributed by atoms with E-state index in [2.05, 4.69) is 40.7 Å². The molecule has 0 aliphatic heterocycles. The summed E-state index contributed by atoms with van der Waals surface area (Å²) in [5, 5.41) is 0. The zero-order valence-electron chi connectivity index (χ0n) is 18.0. The van der Waals surface area contributed by atoms with E-state index in [1.165, 1.54) is 101 Å². The fourth-order valence-corrected chi connectivity index (χ4v) is 4.21. The van der Waals surface area contributed by atoms with E-state index in [1.807, 2.05) is 0 Å². The molecule has 0 spiro atoms.